The summed E-state index contributed by atoms with van der Waals surface area (Å²) >= 11 is 1.78. The van der Waals surface area contributed by atoms with E-state index in [4.69, 9.17) is 4.98 Å². The normalized spacial score (nSPS) is 14.8. The third kappa shape index (κ3) is 6.60. The maximum Gasteiger partial charge on any atom is 0.251 e. The summed E-state index contributed by atoms with van der Waals surface area (Å²) in [4.78, 5) is 35.7. The van der Waals surface area contributed by atoms with E-state index in [0.717, 1.165) is 71.3 Å². The van der Waals surface area contributed by atoms with Crippen LogP contribution in [0.15, 0.2) is 61.2 Å². The number of pyridine rings is 2. The maximum absolute atomic E-state index is 12.4. The van der Waals surface area contributed by atoms with Gasteiger partial charge in [-0.1, -0.05) is 18.2 Å². The van der Waals surface area contributed by atoms with Gasteiger partial charge in [0.15, 0.2) is 0 Å². The second-order valence-corrected chi connectivity index (χ2v) is 11.4. The molecule has 1 fully saturated rings. The lowest BCUT2D eigenvalue weighted by atomic mass is 9.95. The van der Waals surface area contributed by atoms with Crippen molar-refractivity contribution in [2.75, 3.05) is 62.0 Å². The van der Waals surface area contributed by atoms with Gasteiger partial charge < -0.3 is 15.5 Å². The number of amides is 1. The highest BCUT2D eigenvalue weighted by Gasteiger charge is 2.20. The van der Waals surface area contributed by atoms with E-state index < -0.39 is 0 Å². The Balaban J connectivity index is 1.30. The van der Waals surface area contributed by atoms with Gasteiger partial charge in [-0.2, -0.15) is 11.8 Å². The average Bonchev–Trinajstić information content (AvgIpc) is 3.02. The summed E-state index contributed by atoms with van der Waals surface area (Å²) < 4.78 is 0. The molecule has 3 aromatic heterocycles. The highest BCUT2D eigenvalue weighted by atomic mass is 32.2. The number of hydrogen-bond acceptors (Lipinski definition) is 9. The van der Waals surface area contributed by atoms with Crippen molar-refractivity contribution in [3.63, 3.8) is 0 Å². The van der Waals surface area contributed by atoms with E-state index in [1.165, 1.54) is 0 Å². The van der Waals surface area contributed by atoms with Gasteiger partial charge >= 0.3 is 0 Å². The first-order valence-electron chi connectivity index (χ1n) is 14.1. The number of thioether (sulfide) groups is 1. The SMILES string of the molecule is CNC(=O)c1ccnc2c(C(CNc3cc(-c4ccc(N5CCN(C(C)C)CC5)nc4)ncn3)CSC)cccc12. The number of benzene rings is 1. The van der Waals surface area contributed by atoms with Crippen molar-refractivity contribution in [2.45, 2.75) is 25.8 Å². The molecule has 1 aromatic carbocycles. The number of carbonyl (C=O) groups is 1. The second kappa shape index (κ2) is 13.3. The molecule has 214 valence electrons. The van der Waals surface area contributed by atoms with E-state index in [1.807, 2.05) is 24.4 Å². The topological polar surface area (TPSA) is 99.2 Å². The van der Waals surface area contributed by atoms with E-state index in [0.29, 0.717) is 18.2 Å². The predicted molar refractivity (Wildman–Crippen MR) is 169 cm³/mol. The van der Waals surface area contributed by atoms with Gasteiger partial charge in [0, 0.05) is 86.9 Å². The molecule has 2 N–H and O–H groups in total. The number of carbonyl (C=O) groups excluding carboxylic acids is 1. The number of para-hydroxylation sites is 1. The molecule has 5 rings (SSSR count). The van der Waals surface area contributed by atoms with Gasteiger partial charge in [0.1, 0.15) is 18.0 Å². The number of piperazine rings is 1. The molecule has 0 bridgehead atoms. The Morgan fingerprint density at radius 1 is 1.02 bits per heavy atom. The number of anilines is 2. The first-order valence-corrected chi connectivity index (χ1v) is 15.5. The van der Waals surface area contributed by atoms with Crippen LogP contribution in [0.2, 0.25) is 0 Å². The number of nitrogens with one attached hydrogen (secondary N) is 2. The molecule has 0 aliphatic carbocycles. The van der Waals surface area contributed by atoms with Crippen molar-refractivity contribution in [3.05, 3.63) is 72.3 Å². The highest BCUT2D eigenvalue weighted by molar-refractivity contribution is 7.98. The molecular formula is C31H38N8OS. The van der Waals surface area contributed by atoms with Crippen LogP contribution in [0.5, 0.6) is 0 Å². The molecule has 1 saturated heterocycles. The fourth-order valence-electron chi connectivity index (χ4n) is 5.35. The van der Waals surface area contributed by atoms with Crippen molar-refractivity contribution >= 4 is 40.2 Å². The zero-order valence-electron chi connectivity index (χ0n) is 24.2. The summed E-state index contributed by atoms with van der Waals surface area (Å²) in [5, 5.41) is 7.11. The van der Waals surface area contributed by atoms with Crippen LogP contribution in [0.3, 0.4) is 0 Å². The molecule has 41 heavy (non-hydrogen) atoms. The fourth-order valence-corrected chi connectivity index (χ4v) is 6.05. The smallest absolute Gasteiger partial charge is 0.251 e. The first-order chi connectivity index (χ1) is 20.0. The second-order valence-electron chi connectivity index (χ2n) is 10.5. The lowest BCUT2D eigenvalue weighted by Crippen LogP contribution is -2.49. The van der Waals surface area contributed by atoms with E-state index >= 15 is 0 Å². The Labute approximate surface area is 246 Å². The van der Waals surface area contributed by atoms with Gasteiger partial charge in [-0.25, -0.2) is 15.0 Å². The van der Waals surface area contributed by atoms with Crippen molar-refractivity contribution in [1.82, 2.24) is 30.2 Å². The van der Waals surface area contributed by atoms with Crippen LogP contribution >= 0.6 is 11.8 Å². The van der Waals surface area contributed by atoms with Gasteiger partial charge in [0.05, 0.1) is 16.8 Å². The summed E-state index contributed by atoms with van der Waals surface area (Å²) in [7, 11) is 1.65. The third-order valence-electron chi connectivity index (χ3n) is 7.69. The molecule has 0 radical (unpaired) electrons. The lowest BCUT2D eigenvalue weighted by Gasteiger charge is -2.37. The maximum atomic E-state index is 12.4. The molecule has 10 heteroatoms. The van der Waals surface area contributed by atoms with E-state index in [1.54, 1.807) is 37.4 Å². The van der Waals surface area contributed by atoms with Crippen LogP contribution in [0, 0.1) is 0 Å². The van der Waals surface area contributed by atoms with Crippen molar-refractivity contribution in [3.8, 4) is 11.3 Å². The molecule has 1 atom stereocenters. The minimum atomic E-state index is -0.112. The zero-order chi connectivity index (χ0) is 28.8. The third-order valence-corrected chi connectivity index (χ3v) is 8.43. The Kier molecular flexibility index (Phi) is 9.31. The summed E-state index contributed by atoms with van der Waals surface area (Å²) in [6.45, 7) is 9.27. The van der Waals surface area contributed by atoms with Gasteiger partial charge in [0.25, 0.3) is 5.91 Å². The zero-order valence-corrected chi connectivity index (χ0v) is 25.0. The van der Waals surface area contributed by atoms with Crippen molar-refractivity contribution in [2.24, 2.45) is 0 Å². The standard InChI is InChI=1S/C31H38N8OS/c1-21(2)38-12-14-39(15-13-38)29-9-8-22(17-35-29)27-16-28(37-20-36-27)34-18-23(19-41-4)24-6-5-7-25-26(31(40)32-3)10-11-33-30(24)25/h5-11,16-17,20-21,23H,12-15,18-19H2,1-4H3,(H,32,40)(H,34,36,37). The van der Waals surface area contributed by atoms with Crippen LogP contribution in [-0.4, -0.2) is 88.6 Å². The number of aromatic nitrogens is 4. The molecule has 9 nitrogen and oxygen atoms in total. The first kappa shape index (κ1) is 28.8. The largest absolute Gasteiger partial charge is 0.369 e. The minimum Gasteiger partial charge on any atom is -0.369 e. The summed E-state index contributed by atoms with van der Waals surface area (Å²) in [6.07, 6.45) is 7.31. The fraction of sp³-hybridized carbons (Fsp3) is 0.387. The van der Waals surface area contributed by atoms with Crippen LogP contribution in [0.25, 0.3) is 22.2 Å². The van der Waals surface area contributed by atoms with Crippen LogP contribution < -0.4 is 15.5 Å². The van der Waals surface area contributed by atoms with Gasteiger partial charge in [0.2, 0.25) is 0 Å². The molecule has 1 aliphatic heterocycles. The van der Waals surface area contributed by atoms with Gasteiger partial charge in [-0.15, -0.1) is 0 Å². The van der Waals surface area contributed by atoms with Crippen LogP contribution in [-0.2, 0) is 0 Å². The van der Waals surface area contributed by atoms with Crippen LogP contribution in [0.1, 0.15) is 35.7 Å². The van der Waals surface area contributed by atoms with Gasteiger partial charge in [-0.3, -0.25) is 14.7 Å². The van der Waals surface area contributed by atoms with Crippen molar-refractivity contribution in [1.29, 1.82) is 0 Å². The molecule has 1 aliphatic rings. The Bertz CT molecular complexity index is 1470. The minimum absolute atomic E-state index is 0.112. The lowest BCUT2D eigenvalue weighted by molar-refractivity contribution is 0.0964. The quantitative estimate of drug-likeness (QED) is 0.285. The van der Waals surface area contributed by atoms with E-state index in [2.05, 4.69) is 73.7 Å². The Hall–Kier alpha value is -3.76. The molecule has 4 heterocycles. The highest BCUT2D eigenvalue weighted by Crippen LogP contribution is 2.29. The molecule has 1 unspecified atom stereocenters. The molecule has 0 saturated carbocycles. The summed E-state index contributed by atoms with van der Waals surface area (Å²) in [5.41, 5.74) is 4.39. The molecule has 1 amide bonds. The summed E-state index contributed by atoms with van der Waals surface area (Å²) in [5.74, 6) is 2.71. The van der Waals surface area contributed by atoms with E-state index in [-0.39, 0.29) is 11.8 Å². The summed E-state index contributed by atoms with van der Waals surface area (Å²) in [6, 6.07) is 14.6. The monoisotopic (exact) mass is 570 g/mol. The van der Waals surface area contributed by atoms with Crippen molar-refractivity contribution < 1.29 is 4.79 Å². The number of fused-ring (bicyclic) bond motifs is 1. The molecule has 0 spiro atoms. The Morgan fingerprint density at radius 2 is 1.85 bits per heavy atom. The predicted octanol–water partition coefficient (Wildman–Crippen LogP) is 4.54. The number of nitrogens with zero attached hydrogens (tertiary/aromatic N) is 6. The van der Waals surface area contributed by atoms with Crippen LogP contribution in [0.4, 0.5) is 11.6 Å². The van der Waals surface area contributed by atoms with E-state index in [9.17, 15) is 4.79 Å². The molecular weight excluding hydrogens is 532 g/mol. The number of rotatable bonds is 10. The Morgan fingerprint density at radius 3 is 2.56 bits per heavy atom. The molecule has 4 aromatic rings. The number of hydrogen-bond donors (Lipinski definition) is 2. The van der Waals surface area contributed by atoms with Gasteiger partial charge in [-0.05, 0) is 43.9 Å². The average molecular weight is 571 g/mol.